The van der Waals surface area contributed by atoms with Crippen LogP contribution in [-0.2, 0) is 23.9 Å². The second-order valence-electron chi connectivity index (χ2n) is 12.2. The molecule has 2 heterocycles. The van der Waals surface area contributed by atoms with Gasteiger partial charge in [-0.05, 0) is 80.9 Å². The number of nitrogens with zero attached hydrogens (tertiary/aromatic N) is 2. The number of fused-ring (bicyclic) bond motifs is 1. The smallest absolute Gasteiger partial charge is 0.335 e. The van der Waals surface area contributed by atoms with Gasteiger partial charge in [0, 0.05) is 22.9 Å². The Morgan fingerprint density at radius 1 is 0.824 bits per heavy atom. The Bertz CT molecular complexity index is 1680. The third-order valence-corrected chi connectivity index (χ3v) is 10.3. The van der Waals surface area contributed by atoms with E-state index >= 15 is 0 Å². The van der Waals surface area contributed by atoms with Crippen molar-refractivity contribution in [3.05, 3.63) is 95.8 Å². The van der Waals surface area contributed by atoms with Crippen LogP contribution >= 0.6 is 11.8 Å². The zero-order chi connectivity index (χ0) is 37.3. The topological polar surface area (TPSA) is 213 Å². The number of benzene rings is 3. The summed E-state index contributed by atoms with van der Waals surface area (Å²) in [4.78, 5) is 62.8. The third kappa shape index (κ3) is 9.56. The number of likely N-dealkylation sites (tertiary alicyclic amines) is 1. The first-order valence-electron chi connectivity index (χ1n) is 16.1. The number of ketones is 1. The number of halogens is 1. The molecule has 2 aliphatic rings. The summed E-state index contributed by atoms with van der Waals surface area (Å²) in [5, 5.41) is 53.9. The van der Waals surface area contributed by atoms with E-state index in [1.807, 2.05) is 30.3 Å². The van der Waals surface area contributed by atoms with Gasteiger partial charge >= 0.3 is 17.9 Å². The van der Waals surface area contributed by atoms with Crippen LogP contribution in [0.25, 0.3) is 0 Å². The molecule has 1 fully saturated rings. The van der Waals surface area contributed by atoms with Crippen LogP contribution in [-0.4, -0.2) is 110 Å². The van der Waals surface area contributed by atoms with Crippen molar-refractivity contribution in [1.82, 2.24) is 4.90 Å². The Hall–Kier alpha value is -4.67. The molecule has 0 bridgehead atoms. The SMILES string of the molecule is O=C(O)C(O)C(O)C(=O)O.O=C(O)CC1(c2ccccc2)Sc2ccccc2N(CCCN2CCC(C(=O)c3ccc(F)cc3)CC2)C(=O)C1O. The monoisotopic (exact) mass is 726 g/mol. The molecule has 15 heteroatoms. The lowest BCUT2D eigenvalue weighted by molar-refractivity contribution is -0.165. The van der Waals surface area contributed by atoms with Crippen molar-refractivity contribution in [3.63, 3.8) is 0 Å². The van der Waals surface area contributed by atoms with Crippen LogP contribution in [0.3, 0.4) is 0 Å². The van der Waals surface area contributed by atoms with Gasteiger partial charge in [0.2, 0.25) is 0 Å². The average molecular weight is 727 g/mol. The Kier molecular flexibility index (Phi) is 13.4. The number of carboxylic acids is 3. The number of carboxylic acid groups (broad SMARTS) is 3. The van der Waals surface area contributed by atoms with Crippen molar-refractivity contribution >= 4 is 47.0 Å². The Morgan fingerprint density at radius 2 is 1.39 bits per heavy atom. The van der Waals surface area contributed by atoms with Gasteiger partial charge in [-0.3, -0.25) is 14.4 Å². The van der Waals surface area contributed by atoms with Gasteiger partial charge in [-0.1, -0.05) is 42.5 Å². The normalized spacial score (nSPS) is 20.6. The standard InChI is InChI=1S/C32H33FN2O5S.C4H6O6/c33-25-13-11-22(12-14-25)29(38)23-15-19-34(20-16-23)17-6-18-35-26-9-4-5-10-27(26)41-32(21-28(36)37,30(39)31(35)40)24-7-2-1-3-8-24;5-1(3(7)8)2(6)4(9)10/h1-5,7-14,23,30,39H,6,15-21H2,(H,36,37);1-2,5-6H,(H,7,8)(H,9,10). The molecule has 4 atom stereocenters. The fourth-order valence-corrected chi connectivity index (χ4v) is 7.59. The van der Waals surface area contributed by atoms with Crippen molar-refractivity contribution in [2.75, 3.05) is 31.1 Å². The van der Waals surface area contributed by atoms with E-state index in [1.54, 1.807) is 29.2 Å². The van der Waals surface area contributed by atoms with Gasteiger partial charge in [0.25, 0.3) is 5.91 Å². The second-order valence-corrected chi connectivity index (χ2v) is 13.6. The molecule has 13 nitrogen and oxygen atoms in total. The van der Waals surface area contributed by atoms with E-state index in [-0.39, 0.29) is 17.5 Å². The molecule has 0 saturated carbocycles. The van der Waals surface area contributed by atoms with E-state index in [1.165, 1.54) is 36.0 Å². The van der Waals surface area contributed by atoms with E-state index in [9.17, 15) is 38.6 Å². The molecule has 4 unspecified atom stereocenters. The molecule has 2 aliphatic heterocycles. The fraction of sp³-hybridized carbons (Fsp3) is 0.361. The molecule has 3 aromatic rings. The van der Waals surface area contributed by atoms with Gasteiger partial charge in [-0.25, -0.2) is 14.0 Å². The number of hydrogen-bond donors (Lipinski definition) is 6. The maximum absolute atomic E-state index is 13.8. The summed E-state index contributed by atoms with van der Waals surface area (Å²) < 4.78 is 11.9. The highest BCUT2D eigenvalue weighted by Crippen LogP contribution is 2.52. The van der Waals surface area contributed by atoms with E-state index in [0.29, 0.717) is 49.2 Å². The Morgan fingerprint density at radius 3 is 1.96 bits per heavy atom. The number of aliphatic hydroxyl groups is 3. The summed E-state index contributed by atoms with van der Waals surface area (Å²) in [5.74, 6) is -5.56. The summed E-state index contributed by atoms with van der Waals surface area (Å²) in [6, 6.07) is 22.0. The zero-order valence-corrected chi connectivity index (χ0v) is 28.2. The number of rotatable bonds is 12. The summed E-state index contributed by atoms with van der Waals surface area (Å²) in [7, 11) is 0. The van der Waals surface area contributed by atoms with Gasteiger partial charge in [0.05, 0.1) is 16.9 Å². The number of piperidine rings is 1. The Labute approximate surface area is 296 Å². The van der Waals surface area contributed by atoms with E-state index in [2.05, 4.69) is 4.90 Å². The molecule has 6 N–H and O–H groups in total. The van der Waals surface area contributed by atoms with Crippen molar-refractivity contribution in [3.8, 4) is 0 Å². The molecule has 0 radical (unpaired) electrons. The van der Waals surface area contributed by atoms with E-state index in [4.69, 9.17) is 20.4 Å². The summed E-state index contributed by atoms with van der Waals surface area (Å²) in [5.41, 5.74) is 1.78. The quantitative estimate of drug-likeness (QED) is 0.148. The predicted octanol–water partition coefficient (Wildman–Crippen LogP) is 2.86. The largest absolute Gasteiger partial charge is 0.481 e. The van der Waals surface area contributed by atoms with E-state index < -0.39 is 53.3 Å². The first-order valence-corrected chi connectivity index (χ1v) is 17.0. The number of amides is 1. The fourth-order valence-electron chi connectivity index (χ4n) is 6.10. The number of para-hydroxylation sites is 1. The predicted molar refractivity (Wildman–Crippen MR) is 183 cm³/mol. The van der Waals surface area contributed by atoms with Crippen LogP contribution in [0.15, 0.2) is 83.8 Å². The van der Waals surface area contributed by atoms with Crippen molar-refractivity contribution < 1.29 is 59.0 Å². The van der Waals surface area contributed by atoms with Crippen LogP contribution < -0.4 is 4.90 Å². The van der Waals surface area contributed by atoms with Crippen LogP contribution in [0.2, 0.25) is 0 Å². The van der Waals surface area contributed by atoms with Crippen molar-refractivity contribution in [2.24, 2.45) is 5.92 Å². The minimum atomic E-state index is -2.27. The Balaban J connectivity index is 0.000000510. The zero-order valence-electron chi connectivity index (χ0n) is 27.4. The average Bonchev–Trinajstić information content (AvgIpc) is 3.20. The molecule has 1 amide bonds. The molecule has 5 rings (SSSR count). The first-order chi connectivity index (χ1) is 24.2. The second kappa shape index (κ2) is 17.5. The number of aliphatic carboxylic acids is 3. The highest BCUT2D eigenvalue weighted by atomic mass is 32.2. The molecular weight excluding hydrogens is 687 g/mol. The molecule has 1 saturated heterocycles. The number of aliphatic hydroxyl groups excluding tert-OH is 3. The lowest BCUT2D eigenvalue weighted by Crippen LogP contribution is -2.49. The number of Topliss-reactive ketones (excluding diaryl/α,β-unsaturated/α-hetero) is 1. The highest BCUT2D eigenvalue weighted by molar-refractivity contribution is 8.00. The maximum Gasteiger partial charge on any atom is 0.335 e. The van der Waals surface area contributed by atoms with Gasteiger partial charge in [-0.15, -0.1) is 11.8 Å². The molecule has 0 aromatic heterocycles. The first kappa shape index (κ1) is 39.1. The summed E-state index contributed by atoms with van der Waals surface area (Å²) in [6.07, 6.45) is -4.44. The number of thioether (sulfide) groups is 1. The van der Waals surface area contributed by atoms with Gasteiger partial charge in [0.15, 0.2) is 24.1 Å². The van der Waals surface area contributed by atoms with Crippen LogP contribution in [0.4, 0.5) is 10.1 Å². The number of carbonyl (C=O) groups is 5. The summed E-state index contributed by atoms with van der Waals surface area (Å²) >= 11 is 1.23. The van der Waals surface area contributed by atoms with Gasteiger partial charge < -0.3 is 40.4 Å². The van der Waals surface area contributed by atoms with Crippen molar-refractivity contribution in [1.29, 1.82) is 0 Å². The van der Waals surface area contributed by atoms with E-state index in [0.717, 1.165) is 18.0 Å². The lowest BCUT2D eigenvalue weighted by Gasteiger charge is -2.35. The number of hydrogen-bond acceptors (Lipinski definition) is 10. The minimum Gasteiger partial charge on any atom is -0.481 e. The number of anilines is 1. The highest BCUT2D eigenvalue weighted by Gasteiger charge is 2.50. The van der Waals surface area contributed by atoms with Gasteiger partial charge in [0.1, 0.15) is 5.82 Å². The molecule has 272 valence electrons. The lowest BCUT2D eigenvalue weighted by atomic mass is 9.88. The van der Waals surface area contributed by atoms with Gasteiger partial charge in [-0.2, -0.15) is 0 Å². The van der Waals surface area contributed by atoms with Crippen LogP contribution in [0.1, 0.15) is 41.6 Å². The summed E-state index contributed by atoms with van der Waals surface area (Å²) in [6.45, 7) is 2.57. The molecular formula is C36H39FN2O11S. The van der Waals surface area contributed by atoms with Crippen LogP contribution in [0.5, 0.6) is 0 Å². The molecule has 51 heavy (non-hydrogen) atoms. The van der Waals surface area contributed by atoms with Crippen molar-refractivity contribution in [2.45, 2.75) is 53.6 Å². The molecule has 3 aromatic carbocycles. The molecule has 0 spiro atoms. The third-order valence-electron chi connectivity index (χ3n) is 8.81. The van der Waals surface area contributed by atoms with Crippen LogP contribution in [0, 0.1) is 11.7 Å². The maximum atomic E-state index is 13.8. The number of carbonyl (C=O) groups excluding carboxylic acids is 2. The molecule has 0 aliphatic carbocycles. The minimum absolute atomic E-state index is 0.0474.